The molecule has 0 radical (unpaired) electrons. The number of nitrogens with zero attached hydrogens (tertiary/aromatic N) is 2. The maximum atomic E-state index is 2.48. The largest absolute Gasteiger partial charge is 0.309 e. The molecule has 0 aliphatic heterocycles. The van der Waals surface area contributed by atoms with E-state index in [-0.39, 0.29) is 5.41 Å². The zero-order valence-electron chi connectivity index (χ0n) is 24.0. The molecule has 1 aliphatic carbocycles. The highest BCUT2D eigenvalue weighted by Gasteiger charge is 2.36. The van der Waals surface area contributed by atoms with Crippen LogP contribution >= 0.6 is 0 Å². The standard InChI is InChI=1S/C40H30N2/c1-25-20-26(41-36-17-9-5-13-29(36)30-14-6-10-18-37(30)41)22-27(21-25)42-38-19-11-7-15-31(38)33-23-32-28-12-4-8-16-34(28)40(2,3)35(32)24-39(33)42/h4-24H,1-3H3. The topological polar surface area (TPSA) is 9.86 Å². The smallest absolute Gasteiger partial charge is 0.0544 e. The molecule has 42 heavy (non-hydrogen) atoms. The molecule has 0 saturated heterocycles. The van der Waals surface area contributed by atoms with Crippen molar-refractivity contribution in [3.8, 4) is 22.5 Å². The van der Waals surface area contributed by atoms with Gasteiger partial charge in [-0.25, -0.2) is 0 Å². The van der Waals surface area contributed by atoms with Crippen LogP contribution in [0.1, 0.15) is 30.5 Å². The van der Waals surface area contributed by atoms with Crippen LogP contribution in [0.4, 0.5) is 0 Å². The molecule has 2 nitrogen and oxygen atoms in total. The van der Waals surface area contributed by atoms with Crippen molar-refractivity contribution in [1.82, 2.24) is 9.13 Å². The van der Waals surface area contributed by atoms with E-state index in [9.17, 15) is 0 Å². The van der Waals surface area contributed by atoms with Gasteiger partial charge in [0.25, 0.3) is 0 Å². The molecule has 1 aliphatic rings. The predicted molar refractivity (Wildman–Crippen MR) is 177 cm³/mol. The highest BCUT2D eigenvalue weighted by atomic mass is 15.0. The molecule has 2 aromatic heterocycles. The average molecular weight is 539 g/mol. The number of benzene rings is 6. The Labute approximate surface area is 245 Å². The van der Waals surface area contributed by atoms with Crippen LogP contribution in [-0.2, 0) is 5.41 Å². The maximum absolute atomic E-state index is 2.48. The third kappa shape index (κ3) is 3.04. The molecular weight excluding hydrogens is 508 g/mol. The monoisotopic (exact) mass is 538 g/mol. The first kappa shape index (κ1) is 23.6. The van der Waals surface area contributed by atoms with Gasteiger partial charge in [-0.3, -0.25) is 0 Å². The van der Waals surface area contributed by atoms with E-state index in [0.717, 1.165) is 0 Å². The Kier molecular flexibility index (Phi) is 4.63. The molecule has 2 heteroatoms. The first-order valence-corrected chi connectivity index (χ1v) is 14.8. The van der Waals surface area contributed by atoms with Gasteiger partial charge in [-0.05, 0) is 83.3 Å². The van der Waals surface area contributed by atoms with Crippen LogP contribution < -0.4 is 0 Å². The lowest BCUT2D eigenvalue weighted by Gasteiger charge is -2.22. The van der Waals surface area contributed by atoms with Crippen LogP contribution in [0.15, 0.2) is 127 Å². The Morgan fingerprint density at radius 1 is 0.429 bits per heavy atom. The SMILES string of the molecule is Cc1cc(-n2c3ccccc3c3ccccc32)cc(-n2c3ccccc3c3cc4c(cc32)C(C)(C)c2ccccc2-4)c1. The minimum atomic E-state index is -0.0534. The predicted octanol–water partition coefficient (Wildman–Crippen LogP) is 10.5. The van der Waals surface area contributed by atoms with Gasteiger partial charge in [0.15, 0.2) is 0 Å². The van der Waals surface area contributed by atoms with E-state index in [2.05, 4.69) is 157 Å². The van der Waals surface area contributed by atoms with Crippen LogP contribution in [0.25, 0.3) is 66.1 Å². The molecule has 0 bridgehead atoms. The zero-order chi connectivity index (χ0) is 28.2. The summed E-state index contributed by atoms with van der Waals surface area (Å²) in [4.78, 5) is 0. The Hall–Kier alpha value is -5.08. The van der Waals surface area contributed by atoms with Gasteiger partial charge in [0.2, 0.25) is 0 Å². The van der Waals surface area contributed by atoms with E-state index in [1.54, 1.807) is 0 Å². The molecule has 8 aromatic rings. The highest BCUT2D eigenvalue weighted by Crippen LogP contribution is 2.51. The van der Waals surface area contributed by atoms with Crippen molar-refractivity contribution in [2.45, 2.75) is 26.2 Å². The average Bonchev–Trinajstić information content (AvgIpc) is 3.60. The number of aromatic nitrogens is 2. The van der Waals surface area contributed by atoms with Gasteiger partial charge in [0.1, 0.15) is 0 Å². The Morgan fingerprint density at radius 3 is 1.55 bits per heavy atom. The summed E-state index contributed by atoms with van der Waals surface area (Å²) in [5.74, 6) is 0. The van der Waals surface area contributed by atoms with Crippen LogP contribution in [0.5, 0.6) is 0 Å². The van der Waals surface area contributed by atoms with Gasteiger partial charge < -0.3 is 9.13 Å². The zero-order valence-corrected chi connectivity index (χ0v) is 24.0. The summed E-state index contributed by atoms with van der Waals surface area (Å²) in [7, 11) is 0. The lowest BCUT2D eigenvalue weighted by atomic mass is 9.82. The highest BCUT2D eigenvalue weighted by molar-refractivity contribution is 6.12. The van der Waals surface area contributed by atoms with Crippen LogP contribution in [0.3, 0.4) is 0 Å². The number of hydrogen-bond donors (Lipinski definition) is 0. The molecule has 0 atom stereocenters. The fraction of sp³-hybridized carbons (Fsp3) is 0.100. The number of fused-ring (bicyclic) bond motifs is 9. The molecule has 0 amide bonds. The summed E-state index contributed by atoms with van der Waals surface area (Å²) in [6.45, 7) is 6.94. The normalized spacial score (nSPS) is 13.8. The third-order valence-electron chi connectivity index (χ3n) is 9.52. The van der Waals surface area contributed by atoms with Gasteiger partial charge in [-0.15, -0.1) is 0 Å². The molecule has 0 spiro atoms. The second kappa shape index (κ2) is 8.24. The quantitative estimate of drug-likeness (QED) is 0.207. The molecule has 6 aromatic carbocycles. The molecule has 0 saturated carbocycles. The summed E-state index contributed by atoms with van der Waals surface area (Å²) in [5.41, 5.74) is 14.0. The fourth-order valence-corrected chi connectivity index (χ4v) is 7.64. The Morgan fingerprint density at radius 2 is 0.929 bits per heavy atom. The summed E-state index contributed by atoms with van der Waals surface area (Å²) in [5, 5.41) is 5.16. The van der Waals surface area contributed by atoms with Gasteiger partial charge in [0.05, 0.1) is 22.1 Å². The lowest BCUT2D eigenvalue weighted by Crippen LogP contribution is -2.15. The van der Waals surface area contributed by atoms with E-state index in [4.69, 9.17) is 0 Å². The first-order valence-electron chi connectivity index (χ1n) is 14.8. The molecule has 0 fully saturated rings. The van der Waals surface area contributed by atoms with Crippen molar-refractivity contribution in [2.24, 2.45) is 0 Å². The molecule has 0 N–H and O–H groups in total. The third-order valence-corrected chi connectivity index (χ3v) is 9.52. The number of aryl methyl sites for hydroxylation is 1. The van der Waals surface area contributed by atoms with Crippen molar-refractivity contribution >= 4 is 43.6 Å². The number of hydrogen-bond acceptors (Lipinski definition) is 0. The van der Waals surface area contributed by atoms with Crippen molar-refractivity contribution in [2.75, 3.05) is 0 Å². The Bertz CT molecular complexity index is 2340. The van der Waals surface area contributed by atoms with Crippen molar-refractivity contribution < 1.29 is 0 Å². The van der Waals surface area contributed by atoms with E-state index in [0.29, 0.717) is 0 Å². The van der Waals surface area contributed by atoms with Gasteiger partial charge in [-0.1, -0.05) is 92.7 Å². The van der Waals surface area contributed by atoms with E-state index < -0.39 is 0 Å². The summed E-state index contributed by atoms with van der Waals surface area (Å²) in [6.07, 6.45) is 0. The van der Waals surface area contributed by atoms with Gasteiger partial charge in [0, 0.05) is 38.3 Å². The van der Waals surface area contributed by atoms with Gasteiger partial charge in [-0.2, -0.15) is 0 Å². The van der Waals surface area contributed by atoms with Crippen LogP contribution in [0, 0.1) is 6.92 Å². The van der Waals surface area contributed by atoms with Crippen molar-refractivity contribution in [3.63, 3.8) is 0 Å². The maximum Gasteiger partial charge on any atom is 0.0544 e. The van der Waals surface area contributed by atoms with Crippen molar-refractivity contribution in [1.29, 1.82) is 0 Å². The fourth-order valence-electron chi connectivity index (χ4n) is 7.64. The second-order valence-corrected chi connectivity index (χ2v) is 12.3. The minimum absolute atomic E-state index is 0.0534. The van der Waals surface area contributed by atoms with Crippen LogP contribution in [0.2, 0.25) is 0 Å². The second-order valence-electron chi connectivity index (χ2n) is 12.3. The van der Waals surface area contributed by atoms with Crippen LogP contribution in [-0.4, -0.2) is 9.13 Å². The van der Waals surface area contributed by atoms with Crippen molar-refractivity contribution in [3.05, 3.63) is 144 Å². The van der Waals surface area contributed by atoms with Gasteiger partial charge >= 0.3 is 0 Å². The lowest BCUT2D eigenvalue weighted by molar-refractivity contribution is 0.661. The summed E-state index contributed by atoms with van der Waals surface area (Å²) in [6, 6.07) is 47.2. The molecule has 2 heterocycles. The molecule has 0 unspecified atom stereocenters. The van der Waals surface area contributed by atoms with E-state index >= 15 is 0 Å². The first-order chi connectivity index (χ1) is 20.5. The van der Waals surface area contributed by atoms with E-state index in [1.807, 2.05) is 0 Å². The number of para-hydroxylation sites is 3. The summed E-state index contributed by atoms with van der Waals surface area (Å²) < 4.78 is 4.90. The Balaban J connectivity index is 1.36. The molecule has 200 valence electrons. The summed E-state index contributed by atoms with van der Waals surface area (Å²) >= 11 is 0. The van der Waals surface area contributed by atoms with E-state index in [1.165, 1.54) is 82.8 Å². The molecule has 9 rings (SSSR count). The molecular formula is C40H30N2. The number of rotatable bonds is 2. The minimum Gasteiger partial charge on any atom is -0.309 e.